The zero-order valence-electron chi connectivity index (χ0n) is 19.2. The Bertz CT molecular complexity index is 1080. The van der Waals surface area contributed by atoms with Crippen molar-refractivity contribution in [2.24, 2.45) is 11.8 Å². The van der Waals surface area contributed by atoms with Crippen LogP contribution in [0, 0.1) is 11.8 Å². The summed E-state index contributed by atoms with van der Waals surface area (Å²) in [6.45, 7) is 7.69. The van der Waals surface area contributed by atoms with E-state index in [9.17, 15) is 13.2 Å². The first-order valence-electron chi connectivity index (χ1n) is 11.3. The normalized spacial score (nSPS) is 25.8. The molecule has 0 aromatic heterocycles. The van der Waals surface area contributed by atoms with Gasteiger partial charge in [-0.1, -0.05) is 51.1 Å². The van der Waals surface area contributed by atoms with Crippen LogP contribution in [0.1, 0.15) is 44.2 Å². The number of nitrogens with zero attached hydrogens (tertiary/aromatic N) is 2. The minimum Gasteiger partial charge on any atom is -0.480 e. The minimum absolute atomic E-state index is 0.111. The zero-order chi connectivity index (χ0) is 23.0. The van der Waals surface area contributed by atoms with Gasteiger partial charge in [0.2, 0.25) is 10.0 Å². The summed E-state index contributed by atoms with van der Waals surface area (Å²) in [4.78, 5) is 15.0. The van der Waals surface area contributed by atoms with Crippen LogP contribution >= 0.6 is 0 Å². The van der Waals surface area contributed by atoms with E-state index in [1.165, 1.54) is 0 Å². The Labute approximate surface area is 191 Å². The third-order valence-electron chi connectivity index (χ3n) is 6.54. The van der Waals surface area contributed by atoms with Crippen molar-refractivity contribution in [2.75, 3.05) is 20.1 Å². The fraction of sp³-hybridized carbons (Fsp3) is 0.480. The maximum atomic E-state index is 13.3. The number of sulfonamides is 1. The number of likely N-dealkylation sites (N-methyl/N-ethyl adjacent to an activating group) is 1. The molecule has 0 spiro atoms. The molecule has 1 saturated heterocycles. The van der Waals surface area contributed by atoms with Gasteiger partial charge >= 0.3 is 0 Å². The van der Waals surface area contributed by atoms with Gasteiger partial charge in [-0.25, -0.2) is 8.42 Å². The SMILES string of the molecule is CC1CC(C)CN(S(=O)(=O)c2ccc3c(c2)C(C)C(C(=O)N(C)Cc2ccccc2)O3)C1. The summed E-state index contributed by atoms with van der Waals surface area (Å²) >= 11 is 0. The predicted octanol–water partition coefficient (Wildman–Crippen LogP) is 3.88. The maximum Gasteiger partial charge on any atom is 0.264 e. The van der Waals surface area contributed by atoms with Gasteiger partial charge in [0, 0.05) is 38.2 Å². The van der Waals surface area contributed by atoms with Gasteiger partial charge < -0.3 is 9.64 Å². The van der Waals surface area contributed by atoms with E-state index in [1.54, 1.807) is 34.5 Å². The van der Waals surface area contributed by atoms with Crippen LogP contribution in [0.5, 0.6) is 5.75 Å². The second-order valence-corrected chi connectivity index (χ2v) is 11.4. The number of ether oxygens (including phenoxy) is 1. The lowest BCUT2D eigenvalue weighted by atomic mass is 9.94. The molecule has 2 aliphatic rings. The largest absolute Gasteiger partial charge is 0.480 e. The molecular weight excluding hydrogens is 424 g/mol. The lowest BCUT2D eigenvalue weighted by molar-refractivity contribution is -0.137. The topological polar surface area (TPSA) is 66.9 Å². The fourth-order valence-corrected chi connectivity index (χ4v) is 6.64. The average Bonchev–Trinajstić information content (AvgIpc) is 3.09. The van der Waals surface area contributed by atoms with Crippen molar-refractivity contribution < 1.29 is 17.9 Å². The number of rotatable bonds is 5. The van der Waals surface area contributed by atoms with Crippen LogP contribution in [-0.4, -0.2) is 49.8 Å². The lowest BCUT2D eigenvalue weighted by Gasteiger charge is -2.34. The first-order chi connectivity index (χ1) is 15.2. The van der Waals surface area contributed by atoms with Crippen molar-refractivity contribution in [1.29, 1.82) is 0 Å². The molecule has 0 aliphatic carbocycles. The van der Waals surface area contributed by atoms with Crippen LogP contribution in [-0.2, 0) is 21.4 Å². The average molecular weight is 457 g/mol. The Hall–Kier alpha value is -2.38. The number of benzene rings is 2. The van der Waals surface area contributed by atoms with Gasteiger partial charge in [-0.3, -0.25) is 4.79 Å². The molecule has 2 aromatic rings. The molecule has 1 amide bonds. The third-order valence-corrected chi connectivity index (χ3v) is 8.36. The highest BCUT2D eigenvalue weighted by atomic mass is 32.2. The van der Waals surface area contributed by atoms with Gasteiger partial charge in [0.1, 0.15) is 5.75 Å². The van der Waals surface area contributed by atoms with Crippen molar-refractivity contribution in [1.82, 2.24) is 9.21 Å². The highest BCUT2D eigenvalue weighted by molar-refractivity contribution is 7.89. The molecule has 4 unspecified atom stereocenters. The Kier molecular flexibility index (Phi) is 6.32. The van der Waals surface area contributed by atoms with Gasteiger partial charge in [-0.05, 0) is 42.0 Å². The molecule has 6 nitrogen and oxygen atoms in total. The molecule has 0 radical (unpaired) electrons. The number of carbonyl (C=O) groups is 1. The smallest absolute Gasteiger partial charge is 0.264 e. The van der Waals surface area contributed by atoms with E-state index in [2.05, 4.69) is 13.8 Å². The number of fused-ring (bicyclic) bond motifs is 1. The third kappa shape index (κ3) is 4.41. The second kappa shape index (κ2) is 8.87. The molecule has 2 aromatic carbocycles. The van der Waals surface area contributed by atoms with E-state index in [0.29, 0.717) is 37.2 Å². The Morgan fingerprint density at radius 2 is 1.72 bits per heavy atom. The van der Waals surface area contributed by atoms with Gasteiger partial charge in [-0.2, -0.15) is 4.31 Å². The van der Waals surface area contributed by atoms with Gasteiger partial charge in [0.15, 0.2) is 6.10 Å². The summed E-state index contributed by atoms with van der Waals surface area (Å²) in [6, 6.07) is 14.8. The number of hydrogen-bond acceptors (Lipinski definition) is 4. The van der Waals surface area contributed by atoms with Gasteiger partial charge in [0.05, 0.1) is 4.90 Å². The lowest BCUT2D eigenvalue weighted by Crippen LogP contribution is -2.42. The fourth-order valence-electron chi connectivity index (χ4n) is 4.92. The van der Waals surface area contributed by atoms with E-state index in [-0.39, 0.29) is 16.7 Å². The highest BCUT2D eigenvalue weighted by Crippen LogP contribution is 2.40. The molecular formula is C25H32N2O4S. The second-order valence-electron chi connectivity index (χ2n) is 9.47. The van der Waals surface area contributed by atoms with E-state index in [4.69, 9.17) is 4.74 Å². The first-order valence-corrected chi connectivity index (χ1v) is 12.7. The monoisotopic (exact) mass is 456 g/mol. The van der Waals surface area contributed by atoms with Gasteiger partial charge in [0.25, 0.3) is 5.91 Å². The van der Waals surface area contributed by atoms with Crippen LogP contribution in [0.25, 0.3) is 0 Å². The number of carbonyl (C=O) groups excluding carboxylic acids is 1. The summed E-state index contributed by atoms with van der Waals surface area (Å²) in [7, 11) is -1.82. The first kappa shape index (κ1) is 22.8. The molecule has 2 heterocycles. The molecule has 4 rings (SSSR count). The number of amides is 1. The number of piperidine rings is 1. The molecule has 0 N–H and O–H groups in total. The predicted molar refractivity (Wildman–Crippen MR) is 124 cm³/mol. The summed E-state index contributed by atoms with van der Waals surface area (Å²) in [5.74, 6) is 0.925. The zero-order valence-corrected chi connectivity index (χ0v) is 20.0. The van der Waals surface area contributed by atoms with E-state index in [1.807, 2.05) is 37.3 Å². The Balaban J connectivity index is 1.52. The van der Waals surface area contributed by atoms with Crippen LogP contribution in [0.15, 0.2) is 53.4 Å². The Morgan fingerprint density at radius 1 is 1.06 bits per heavy atom. The summed E-state index contributed by atoms with van der Waals surface area (Å²) in [6.07, 6.45) is 0.383. The van der Waals surface area contributed by atoms with Crippen LogP contribution in [0.3, 0.4) is 0 Å². The van der Waals surface area contributed by atoms with Crippen molar-refractivity contribution in [3.63, 3.8) is 0 Å². The maximum absolute atomic E-state index is 13.3. The van der Waals surface area contributed by atoms with E-state index in [0.717, 1.165) is 17.5 Å². The molecule has 4 atom stereocenters. The van der Waals surface area contributed by atoms with Crippen LogP contribution in [0.2, 0.25) is 0 Å². The Morgan fingerprint density at radius 3 is 2.38 bits per heavy atom. The summed E-state index contributed by atoms with van der Waals surface area (Å²) in [5.41, 5.74) is 1.82. The number of hydrogen-bond donors (Lipinski definition) is 0. The molecule has 172 valence electrons. The molecule has 2 aliphatic heterocycles. The highest BCUT2D eigenvalue weighted by Gasteiger charge is 2.39. The van der Waals surface area contributed by atoms with E-state index < -0.39 is 16.1 Å². The summed E-state index contributed by atoms with van der Waals surface area (Å²) < 4.78 is 34.2. The molecule has 0 saturated carbocycles. The minimum atomic E-state index is -3.59. The van der Waals surface area contributed by atoms with Crippen molar-refractivity contribution >= 4 is 15.9 Å². The van der Waals surface area contributed by atoms with Crippen molar-refractivity contribution in [3.05, 3.63) is 59.7 Å². The van der Waals surface area contributed by atoms with Crippen LogP contribution < -0.4 is 4.74 Å². The molecule has 0 bridgehead atoms. The van der Waals surface area contributed by atoms with Crippen molar-refractivity contribution in [3.8, 4) is 5.75 Å². The van der Waals surface area contributed by atoms with E-state index >= 15 is 0 Å². The van der Waals surface area contributed by atoms with Crippen LogP contribution in [0.4, 0.5) is 0 Å². The molecule has 1 fully saturated rings. The standard InChI is InChI=1S/C25H32N2O4S/c1-17-12-18(2)15-27(14-17)32(29,30)21-10-11-23-22(13-21)19(3)24(31-23)25(28)26(4)16-20-8-6-5-7-9-20/h5-11,13,17-19,24H,12,14-16H2,1-4H3. The molecule has 32 heavy (non-hydrogen) atoms. The quantitative estimate of drug-likeness (QED) is 0.685. The van der Waals surface area contributed by atoms with Crippen molar-refractivity contribution in [2.45, 2.75) is 50.7 Å². The van der Waals surface area contributed by atoms with Gasteiger partial charge in [-0.15, -0.1) is 0 Å². The molecule has 7 heteroatoms. The summed E-state index contributed by atoms with van der Waals surface area (Å²) in [5, 5.41) is 0.